The lowest BCUT2D eigenvalue weighted by molar-refractivity contribution is -0.180. The predicted molar refractivity (Wildman–Crippen MR) is 56.3 cm³/mol. The van der Waals surface area contributed by atoms with Gasteiger partial charge >= 0.3 is 11.9 Å². The molecule has 0 aliphatic heterocycles. The van der Waals surface area contributed by atoms with Gasteiger partial charge in [0, 0.05) is 6.92 Å². The van der Waals surface area contributed by atoms with E-state index in [4.69, 9.17) is 9.47 Å². The van der Waals surface area contributed by atoms with Gasteiger partial charge in [-0.25, -0.2) is 4.79 Å². The average Bonchev–Trinajstić information content (AvgIpc) is 2.01. The van der Waals surface area contributed by atoms with Crippen LogP contribution in [0.4, 0.5) is 0 Å². The van der Waals surface area contributed by atoms with E-state index in [1.165, 1.54) is 20.8 Å². The summed E-state index contributed by atoms with van der Waals surface area (Å²) >= 11 is 0. The Morgan fingerprint density at radius 1 is 1.33 bits per heavy atom. The number of hydrogen-bond donors (Lipinski definition) is 0. The van der Waals surface area contributed by atoms with Crippen molar-refractivity contribution in [2.24, 2.45) is 0 Å². The normalized spacial score (nSPS) is 13.1. The first-order chi connectivity index (χ1) is 6.79. The summed E-state index contributed by atoms with van der Waals surface area (Å²) in [6.45, 7) is 8.15. The minimum Gasteiger partial charge on any atom is -0.460 e. The Morgan fingerprint density at radius 2 is 1.87 bits per heavy atom. The molecule has 0 aliphatic rings. The highest BCUT2D eigenvalue weighted by atomic mass is 16.6. The number of rotatable bonds is 5. The molecule has 0 saturated heterocycles. The summed E-state index contributed by atoms with van der Waals surface area (Å²) in [7, 11) is 0. The van der Waals surface area contributed by atoms with Crippen LogP contribution in [0, 0.1) is 0 Å². The summed E-state index contributed by atoms with van der Waals surface area (Å²) < 4.78 is 10.0. The van der Waals surface area contributed by atoms with Crippen LogP contribution in [-0.2, 0) is 19.1 Å². The fraction of sp³-hybridized carbons (Fsp3) is 0.818. The van der Waals surface area contributed by atoms with Gasteiger partial charge in [-0.2, -0.15) is 0 Å². The molecule has 0 spiro atoms. The summed E-state index contributed by atoms with van der Waals surface area (Å²) in [4.78, 5) is 22.3. The van der Waals surface area contributed by atoms with Gasteiger partial charge in [0.15, 0.2) is 0 Å². The van der Waals surface area contributed by atoms with Gasteiger partial charge in [-0.15, -0.1) is 0 Å². The maximum Gasteiger partial charge on any atom is 0.350 e. The molecular formula is C11H20O4. The summed E-state index contributed by atoms with van der Waals surface area (Å²) in [6.07, 6.45) is 1.61. The van der Waals surface area contributed by atoms with E-state index in [0.717, 1.165) is 12.8 Å². The van der Waals surface area contributed by atoms with Crippen LogP contribution in [0.25, 0.3) is 0 Å². The minimum atomic E-state index is -1.20. The summed E-state index contributed by atoms with van der Waals surface area (Å²) in [6, 6.07) is 0. The van der Waals surface area contributed by atoms with E-state index in [1.54, 1.807) is 0 Å². The first-order valence-corrected chi connectivity index (χ1v) is 5.20. The lowest BCUT2D eigenvalue weighted by Crippen LogP contribution is -2.39. The van der Waals surface area contributed by atoms with Crippen molar-refractivity contribution in [3.8, 4) is 0 Å². The molecule has 4 nitrogen and oxygen atoms in total. The topological polar surface area (TPSA) is 52.6 Å². The van der Waals surface area contributed by atoms with E-state index in [9.17, 15) is 9.59 Å². The third kappa shape index (κ3) is 5.40. The van der Waals surface area contributed by atoms with Crippen LogP contribution >= 0.6 is 0 Å². The summed E-state index contributed by atoms with van der Waals surface area (Å²) in [5.74, 6) is -0.987. The Balaban J connectivity index is 4.24. The first-order valence-electron chi connectivity index (χ1n) is 5.20. The molecule has 0 rings (SSSR count). The zero-order valence-electron chi connectivity index (χ0n) is 10.1. The van der Waals surface area contributed by atoms with Crippen molar-refractivity contribution in [3.05, 3.63) is 0 Å². The van der Waals surface area contributed by atoms with Crippen LogP contribution in [0.3, 0.4) is 0 Å². The van der Waals surface area contributed by atoms with E-state index < -0.39 is 17.5 Å². The maximum atomic E-state index is 11.6. The predicted octanol–water partition coefficient (Wildman–Crippen LogP) is 2.06. The highest BCUT2D eigenvalue weighted by molar-refractivity contribution is 5.82. The molecule has 1 unspecified atom stereocenters. The fourth-order valence-electron chi connectivity index (χ4n) is 1.19. The van der Waals surface area contributed by atoms with Crippen molar-refractivity contribution in [2.45, 2.75) is 59.2 Å². The van der Waals surface area contributed by atoms with Crippen molar-refractivity contribution < 1.29 is 19.1 Å². The number of esters is 2. The number of hydrogen-bond acceptors (Lipinski definition) is 4. The maximum absolute atomic E-state index is 11.6. The molecule has 15 heavy (non-hydrogen) atoms. The van der Waals surface area contributed by atoms with Crippen LogP contribution in [0.15, 0.2) is 0 Å². The van der Waals surface area contributed by atoms with Gasteiger partial charge in [-0.05, 0) is 27.2 Å². The van der Waals surface area contributed by atoms with Gasteiger partial charge in [0.25, 0.3) is 0 Å². The highest BCUT2D eigenvalue weighted by Gasteiger charge is 2.33. The zero-order valence-corrected chi connectivity index (χ0v) is 10.1. The molecule has 4 heteroatoms. The second kappa shape index (κ2) is 5.73. The van der Waals surface area contributed by atoms with Crippen LogP contribution < -0.4 is 0 Å². The molecule has 0 heterocycles. The SMILES string of the molecule is CCCC(C)OC(=O)C(C)(C)OC(C)=O. The standard InChI is InChI=1S/C11H20O4/c1-6-7-8(2)14-10(13)11(4,5)15-9(3)12/h8H,6-7H2,1-5H3. The largest absolute Gasteiger partial charge is 0.460 e. The summed E-state index contributed by atoms with van der Waals surface area (Å²) in [5, 5.41) is 0. The minimum absolute atomic E-state index is 0.141. The average molecular weight is 216 g/mol. The molecule has 0 saturated carbocycles. The molecule has 0 amide bonds. The highest BCUT2D eigenvalue weighted by Crippen LogP contribution is 2.14. The molecule has 0 aromatic rings. The van der Waals surface area contributed by atoms with Crippen molar-refractivity contribution in [1.29, 1.82) is 0 Å². The van der Waals surface area contributed by atoms with Gasteiger partial charge in [0.1, 0.15) is 0 Å². The smallest absolute Gasteiger partial charge is 0.350 e. The van der Waals surface area contributed by atoms with Crippen LogP contribution in [0.2, 0.25) is 0 Å². The van der Waals surface area contributed by atoms with Crippen molar-refractivity contribution >= 4 is 11.9 Å². The Labute approximate surface area is 90.9 Å². The Kier molecular flexibility index (Phi) is 5.33. The van der Waals surface area contributed by atoms with Crippen LogP contribution in [-0.4, -0.2) is 23.6 Å². The van der Waals surface area contributed by atoms with Gasteiger partial charge in [-0.1, -0.05) is 13.3 Å². The van der Waals surface area contributed by atoms with Crippen molar-refractivity contribution in [1.82, 2.24) is 0 Å². The molecule has 0 fully saturated rings. The first kappa shape index (κ1) is 13.9. The summed E-state index contributed by atoms with van der Waals surface area (Å²) in [5.41, 5.74) is -1.20. The zero-order chi connectivity index (χ0) is 12.1. The third-order valence-electron chi connectivity index (χ3n) is 1.89. The molecular weight excluding hydrogens is 196 g/mol. The third-order valence-corrected chi connectivity index (χ3v) is 1.89. The van der Waals surface area contributed by atoms with E-state index in [-0.39, 0.29) is 6.10 Å². The van der Waals surface area contributed by atoms with Gasteiger partial charge in [0.05, 0.1) is 6.10 Å². The fourth-order valence-corrected chi connectivity index (χ4v) is 1.19. The second-order valence-electron chi connectivity index (χ2n) is 4.11. The molecule has 0 N–H and O–H groups in total. The Morgan fingerprint density at radius 3 is 2.27 bits per heavy atom. The van der Waals surface area contributed by atoms with E-state index in [0.29, 0.717) is 0 Å². The van der Waals surface area contributed by atoms with E-state index in [2.05, 4.69) is 0 Å². The number of carbonyl (C=O) groups is 2. The van der Waals surface area contributed by atoms with Gasteiger partial charge in [-0.3, -0.25) is 4.79 Å². The molecule has 1 atom stereocenters. The number of carbonyl (C=O) groups excluding carboxylic acids is 2. The van der Waals surface area contributed by atoms with Gasteiger partial charge < -0.3 is 9.47 Å². The monoisotopic (exact) mass is 216 g/mol. The lowest BCUT2D eigenvalue weighted by Gasteiger charge is -2.24. The molecule has 0 aromatic carbocycles. The molecule has 88 valence electrons. The Hall–Kier alpha value is -1.06. The van der Waals surface area contributed by atoms with E-state index >= 15 is 0 Å². The van der Waals surface area contributed by atoms with Crippen molar-refractivity contribution in [2.75, 3.05) is 0 Å². The molecule has 0 bridgehead atoms. The quantitative estimate of drug-likeness (QED) is 0.660. The molecule has 0 aromatic heterocycles. The molecule has 0 aliphatic carbocycles. The second-order valence-corrected chi connectivity index (χ2v) is 4.11. The van der Waals surface area contributed by atoms with E-state index in [1.807, 2.05) is 13.8 Å². The van der Waals surface area contributed by atoms with Crippen LogP contribution in [0.5, 0.6) is 0 Å². The molecule has 0 radical (unpaired) electrons. The van der Waals surface area contributed by atoms with Gasteiger partial charge in [0.2, 0.25) is 5.60 Å². The van der Waals surface area contributed by atoms with Crippen molar-refractivity contribution in [3.63, 3.8) is 0 Å². The lowest BCUT2D eigenvalue weighted by atomic mass is 10.1. The van der Waals surface area contributed by atoms with Crippen LogP contribution in [0.1, 0.15) is 47.5 Å². The number of ether oxygens (including phenoxy) is 2. The Bertz CT molecular complexity index is 233.